The fraction of sp³-hybridized carbons (Fsp3) is 0.120. The van der Waals surface area contributed by atoms with Crippen LogP contribution in [0, 0.1) is 0 Å². The number of hydrogen-bond acceptors (Lipinski definition) is 8. The van der Waals surface area contributed by atoms with Gasteiger partial charge in [-0.3, -0.25) is 10.5 Å². The molecule has 0 spiro atoms. The van der Waals surface area contributed by atoms with Crippen molar-refractivity contribution >= 4 is 11.9 Å². The van der Waals surface area contributed by atoms with E-state index in [1.54, 1.807) is 24.3 Å². The van der Waals surface area contributed by atoms with E-state index >= 15 is 0 Å². The third kappa shape index (κ3) is 4.50. The minimum absolute atomic E-state index is 0.0221. The van der Waals surface area contributed by atoms with Crippen molar-refractivity contribution in [2.75, 3.05) is 6.61 Å². The van der Waals surface area contributed by atoms with Crippen LogP contribution in [0.15, 0.2) is 78.9 Å². The first-order valence-corrected chi connectivity index (χ1v) is 10.6. The van der Waals surface area contributed by atoms with Crippen molar-refractivity contribution in [2.24, 2.45) is 5.73 Å². The van der Waals surface area contributed by atoms with Gasteiger partial charge in [0.05, 0.1) is 5.56 Å². The van der Waals surface area contributed by atoms with Crippen LogP contribution in [0.2, 0.25) is 0 Å². The lowest BCUT2D eigenvalue weighted by atomic mass is 10.1. The van der Waals surface area contributed by atoms with Crippen LogP contribution in [0.5, 0.6) is 17.2 Å². The first-order chi connectivity index (χ1) is 16.6. The van der Waals surface area contributed by atoms with Gasteiger partial charge < -0.3 is 14.2 Å². The Morgan fingerprint density at radius 3 is 2.68 bits per heavy atom. The molecule has 0 amide bonds. The van der Waals surface area contributed by atoms with E-state index in [4.69, 9.17) is 19.9 Å². The minimum atomic E-state index is -1.46. The SMILES string of the molecule is NC1(c2nn[nH]n2)COc2cccc(C(=O)C=Cc3ccc(OCc4ccccc4)cc3)c2O1. The molecule has 9 nitrogen and oxygen atoms in total. The molecule has 1 aliphatic heterocycles. The van der Waals surface area contributed by atoms with E-state index in [0.29, 0.717) is 17.9 Å². The Kier molecular flexibility index (Phi) is 5.75. The molecule has 3 aromatic carbocycles. The standard InChI is InChI=1S/C25H21N5O4/c26-25(24-27-29-30-28-24)16-33-22-8-4-7-20(23(22)34-25)21(31)14-11-17-9-12-19(13-10-17)32-15-18-5-2-1-3-6-18/h1-14H,15-16,26H2,(H,27,28,29,30). The van der Waals surface area contributed by atoms with Gasteiger partial charge in [0.2, 0.25) is 5.82 Å². The Hall–Kier alpha value is -4.50. The number of rotatable bonds is 7. The van der Waals surface area contributed by atoms with E-state index in [1.165, 1.54) is 6.08 Å². The number of aromatic amines is 1. The molecule has 0 aliphatic carbocycles. The number of nitrogens with zero attached hydrogens (tertiary/aromatic N) is 3. The van der Waals surface area contributed by atoms with E-state index in [1.807, 2.05) is 54.6 Å². The third-order valence-corrected chi connectivity index (χ3v) is 5.25. The Morgan fingerprint density at radius 1 is 1.09 bits per heavy atom. The lowest BCUT2D eigenvalue weighted by Crippen LogP contribution is -2.51. The molecule has 5 rings (SSSR count). The molecule has 1 aromatic heterocycles. The summed E-state index contributed by atoms with van der Waals surface area (Å²) in [5.41, 5.74) is 7.07. The number of carbonyl (C=O) groups is 1. The van der Waals surface area contributed by atoms with Crippen LogP contribution in [0.1, 0.15) is 27.3 Å². The molecule has 3 N–H and O–H groups in total. The summed E-state index contributed by atoms with van der Waals surface area (Å²) < 4.78 is 17.5. The Balaban J connectivity index is 1.28. The second kappa shape index (κ2) is 9.16. The fourth-order valence-corrected chi connectivity index (χ4v) is 3.45. The van der Waals surface area contributed by atoms with Gasteiger partial charge >= 0.3 is 0 Å². The van der Waals surface area contributed by atoms with E-state index < -0.39 is 5.72 Å². The zero-order chi connectivity index (χ0) is 23.4. The predicted octanol–water partition coefficient (Wildman–Crippen LogP) is 3.26. The number of para-hydroxylation sites is 1. The Morgan fingerprint density at radius 2 is 1.91 bits per heavy atom. The van der Waals surface area contributed by atoms with Gasteiger partial charge in [0.1, 0.15) is 19.0 Å². The maximum absolute atomic E-state index is 13.0. The first kappa shape index (κ1) is 21.4. The van der Waals surface area contributed by atoms with E-state index in [0.717, 1.165) is 16.9 Å². The molecule has 0 radical (unpaired) electrons. The summed E-state index contributed by atoms with van der Waals surface area (Å²) in [4.78, 5) is 13.0. The van der Waals surface area contributed by atoms with Crippen LogP contribution in [0.25, 0.3) is 6.08 Å². The van der Waals surface area contributed by atoms with E-state index in [9.17, 15) is 4.79 Å². The maximum Gasteiger partial charge on any atom is 0.257 e. The van der Waals surface area contributed by atoms with Crippen LogP contribution in [-0.2, 0) is 12.3 Å². The second-order valence-corrected chi connectivity index (χ2v) is 7.69. The monoisotopic (exact) mass is 455 g/mol. The molecule has 1 atom stereocenters. The normalized spacial score (nSPS) is 17.0. The van der Waals surface area contributed by atoms with Gasteiger partial charge in [0, 0.05) is 0 Å². The van der Waals surface area contributed by atoms with Crippen LogP contribution in [-0.4, -0.2) is 33.0 Å². The molecule has 0 saturated carbocycles. The molecular formula is C25H21N5O4. The number of allylic oxidation sites excluding steroid dienone is 1. The molecule has 0 fully saturated rings. The van der Waals surface area contributed by atoms with Gasteiger partial charge in [-0.05, 0) is 46.7 Å². The predicted molar refractivity (Wildman–Crippen MR) is 123 cm³/mol. The van der Waals surface area contributed by atoms with Crippen molar-refractivity contribution in [1.29, 1.82) is 0 Å². The number of benzene rings is 3. The topological polar surface area (TPSA) is 125 Å². The number of fused-ring (bicyclic) bond motifs is 1. The molecule has 0 bridgehead atoms. The van der Waals surface area contributed by atoms with Crippen molar-refractivity contribution in [2.45, 2.75) is 12.3 Å². The van der Waals surface area contributed by atoms with E-state index in [-0.39, 0.29) is 24.0 Å². The number of aromatic nitrogens is 4. The smallest absolute Gasteiger partial charge is 0.257 e. The molecule has 34 heavy (non-hydrogen) atoms. The highest BCUT2D eigenvalue weighted by molar-refractivity contribution is 6.09. The number of ketones is 1. The summed E-state index contributed by atoms with van der Waals surface area (Å²) in [5.74, 6) is 1.27. The molecule has 170 valence electrons. The number of nitrogens with one attached hydrogen (secondary N) is 1. The summed E-state index contributed by atoms with van der Waals surface area (Å²) in [6.45, 7) is 0.466. The molecule has 1 aliphatic rings. The average Bonchev–Trinajstić information content (AvgIpc) is 3.43. The molecular weight excluding hydrogens is 434 g/mol. The van der Waals surface area contributed by atoms with Gasteiger partial charge in [-0.2, -0.15) is 5.21 Å². The molecule has 0 saturated heterocycles. The van der Waals surface area contributed by atoms with Crippen LogP contribution in [0.4, 0.5) is 0 Å². The zero-order valence-corrected chi connectivity index (χ0v) is 18.0. The number of hydrogen-bond donors (Lipinski definition) is 2. The lowest BCUT2D eigenvalue weighted by Gasteiger charge is -2.33. The Labute approximate surface area is 195 Å². The van der Waals surface area contributed by atoms with Gasteiger partial charge in [-0.15, -0.1) is 10.2 Å². The van der Waals surface area contributed by atoms with Crippen molar-refractivity contribution < 1.29 is 19.0 Å². The van der Waals surface area contributed by atoms with Crippen molar-refractivity contribution in [3.63, 3.8) is 0 Å². The highest BCUT2D eigenvalue weighted by Crippen LogP contribution is 2.39. The van der Waals surface area contributed by atoms with Gasteiger partial charge in [-0.25, -0.2) is 0 Å². The number of tetrazole rings is 1. The van der Waals surface area contributed by atoms with Crippen LogP contribution >= 0.6 is 0 Å². The largest absolute Gasteiger partial charge is 0.489 e. The van der Waals surface area contributed by atoms with Gasteiger partial charge in [0.25, 0.3) is 5.72 Å². The van der Waals surface area contributed by atoms with Gasteiger partial charge in [-0.1, -0.05) is 54.6 Å². The number of H-pyrrole nitrogens is 1. The molecule has 1 unspecified atom stereocenters. The fourth-order valence-electron chi connectivity index (χ4n) is 3.45. The number of nitrogens with two attached hydrogens (primary N) is 1. The number of ether oxygens (including phenoxy) is 3. The molecule has 4 aromatic rings. The zero-order valence-electron chi connectivity index (χ0n) is 18.0. The van der Waals surface area contributed by atoms with Crippen molar-refractivity contribution in [3.05, 3.63) is 101 Å². The summed E-state index contributed by atoms with van der Waals surface area (Å²) in [6.07, 6.45) is 3.20. The summed E-state index contributed by atoms with van der Waals surface area (Å²) in [6, 6.07) is 22.5. The minimum Gasteiger partial charge on any atom is -0.489 e. The first-order valence-electron chi connectivity index (χ1n) is 10.6. The maximum atomic E-state index is 13.0. The average molecular weight is 455 g/mol. The summed E-state index contributed by atoms with van der Waals surface area (Å²) >= 11 is 0. The van der Waals surface area contributed by atoms with Crippen LogP contribution < -0.4 is 19.9 Å². The highest BCUT2D eigenvalue weighted by atomic mass is 16.6. The van der Waals surface area contributed by atoms with Crippen LogP contribution in [0.3, 0.4) is 0 Å². The van der Waals surface area contributed by atoms with Gasteiger partial charge in [0.15, 0.2) is 17.3 Å². The second-order valence-electron chi connectivity index (χ2n) is 7.69. The van der Waals surface area contributed by atoms with Crippen molar-refractivity contribution in [1.82, 2.24) is 20.6 Å². The van der Waals surface area contributed by atoms with Crippen molar-refractivity contribution in [3.8, 4) is 17.2 Å². The molecule has 9 heteroatoms. The third-order valence-electron chi connectivity index (χ3n) is 5.25. The van der Waals surface area contributed by atoms with E-state index in [2.05, 4.69) is 20.6 Å². The summed E-state index contributed by atoms with van der Waals surface area (Å²) in [5, 5.41) is 13.6. The summed E-state index contributed by atoms with van der Waals surface area (Å²) in [7, 11) is 0. The number of carbonyl (C=O) groups excluding carboxylic acids is 1. The lowest BCUT2D eigenvalue weighted by molar-refractivity contribution is -0.0154. The molecule has 2 heterocycles. The quantitative estimate of drug-likeness (QED) is 0.321. The highest BCUT2D eigenvalue weighted by Gasteiger charge is 2.41. The Bertz CT molecular complexity index is 1310.